The third-order valence-corrected chi connectivity index (χ3v) is 3.02. The van der Waals surface area contributed by atoms with Gasteiger partial charge in [-0.25, -0.2) is 4.79 Å². The molecule has 0 saturated heterocycles. The third kappa shape index (κ3) is 11.9. The van der Waals surface area contributed by atoms with Crippen molar-refractivity contribution in [2.75, 3.05) is 0 Å². The van der Waals surface area contributed by atoms with Crippen LogP contribution in [0.1, 0.15) is 65.7 Å². The van der Waals surface area contributed by atoms with Crippen molar-refractivity contribution >= 4 is 21.9 Å². The van der Waals surface area contributed by atoms with E-state index in [1.54, 1.807) is 6.08 Å². The predicted molar refractivity (Wildman–Crippen MR) is 76.2 cm³/mol. The first-order valence-corrected chi connectivity index (χ1v) is 7.42. The maximum absolute atomic E-state index is 11.3. The smallest absolute Gasteiger partial charge is 0.331 e. The third-order valence-electron chi connectivity index (χ3n) is 2.40. The molecule has 0 amide bonds. The molecule has 0 aliphatic rings. The molecule has 100 valence electrons. The van der Waals surface area contributed by atoms with Crippen molar-refractivity contribution in [2.24, 2.45) is 0 Å². The Balaban J connectivity index is 3.60. The van der Waals surface area contributed by atoms with Crippen molar-refractivity contribution in [1.29, 1.82) is 0 Å². The van der Waals surface area contributed by atoms with Gasteiger partial charge in [0.05, 0.1) is 6.10 Å². The lowest BCUT2D eigenvalue weighted by molar-refractivity contribution is -0.141. The summed E-state index contributed by atoms with van der Waals surface area (Å²) in [6.07, 6.45) is 10.0. The van der Waals surface area contributed by atoms with E-state index in [1.165, 1.54) is 32.1 Å². The second-order valence-electron chi connectivity index (χ2n) is 4.59. The number of allylic oxidation sites excluding steroid dienone is 1. The second-order valence-corrected chi connectivity index (χ2v) is 5.61. The van der Waals surface area contributed by atoms with E-state index in [1.807, 2.05) is 13.8 Å². The van der Waals surface area contributed by atoms with Gasteiger partial charge in [-0.15, -0.1) is 0 Å². The summed E-state index contributed by atoms with van der Waals surface area (Å²) in [7, 11) is 0. The molecule has 0 aliphatic heterocycles. The van der Waals surface area contributed by atoms with Crippen LogP contribution < -0.4 is 0 Å². The van der Waals surface area contributed by atoms with Crippen LogP contribution in [0.3, 0.4) is 0 Å². The molecule has 0 rings (SSSR count). The largest absolute Gasteiger partial charge is 0.460 e. The van der Waals surface area contributed by atoms with E-state index in [9.17, 15) is 4.79 Å². The second kappa shape index (κ2) is 10.8. The Labute approximate surface area is 114 Å². The standard InChI is InChI=1S/C14H25BrO2/c1-4-5-6-7-8-9-10-13(15)11-14(16)17-12(2)3/h11-12H,4-10H2,1-3H3/b13-11-. The highest BCUT2D eigenvalue weighted by atomic mass is 79.9. The molecule has 0 atom stereocenters. The van der Waals surface area contributed by atoms with Crippen LogP contribution in [0.2, 0.25) is 0 Å². The van der Waals surface area contributed by atoms with E-state index >= 15 is 0 Å². The molecule has 0 saturated carbocycles. The summed E-state index contributed by atoms with van der Waals surface area (Å²) in [6.45, 7) is 5.93. The number of carbonyl (C=O) groups is 1. The van der Waals surface area contributed by atoms with Crippen molar-refractivity contribution in [2.45, 2.75) is 71.8 Å². The number of hydrogen-bond donors (Lipinski definition) is 0. The lowest BCUT2D eigenvalue weighted by atomic mass is 10.1. The number of hydrogen-bond acceptors (Lipinski definition) is 2. The molecule has 0 unspecified atom stereocenters. The van der Waals surface area contributed by atoms with Crippen LogP contribution in [0.15, 0.2) is 10.6 Å². The minimum atomic E-state index is -0.252. The molecule has 0 aliphatic carbocycles. The van der Waals surface area contributed by atoms with Gasteiger partial charge >= 0.3 is 5.97 Å². The van der Waals surface area contributed by atoms with Gasteiger partial charge in [0.2, 0.25) is 0 Å². The summed E-state index contributed by atoms with van der Waals surface area (Å²) < 4.78 is 5.98. The molecular formula is C14H25BrO2. The molecular weight excluding hydrogens is 280 g/mol. The summed E-state index contributed by atoms with van der Waals surface area (Å²) in [5.41, 5.74) is 0. The number of unbranched alkanes of at least 4 members (excludes halogenated alkanes) is 5. The monoisotopic (exact) mass is 304 g/mol. The Kier molecular flexibility index (Phi) is 10.6. The van der Waals surface area contributed by atoms with Crippen LogP contribution in [-0.4, -0.2) is 12.1 Å². The number of halogens is 1. The Morgan fingerprint density at radius 1 is 1.18 bits per heavy atom. The lowest BCUT2D eigenvalue weighted by Crippen LogP contribution is -2.08. The molecule has 0 N–H and O–H groups in total. The minimum Gasteiger partial charge on any atom is -0.460 e. The SMILES string of the molecule is CCCCCCCC/C(Br)=C/C(=O)OC(C)C. The molecule has 0 fully saturated rings. The fourth-order valence-corrected chi connectivity index (χ4v) is 2.01. The van der Waals surface area contributed by atoms with Crippen molar-refractivity contribution in [3.8, 4) is 0 Å². The average Bonchev–Trinajstić information content (AvgIpc) is 2.21. The van der Waals surface area contributed by atoms with Gasteiger partial charge in [-0.2, -0.15) is 0 Å². The van der Waals surface area contributed by atoms with E-state index < -0.39 is 0 Å². The minimum absolute atomic E-state index is 0.0481. The maximum Gasteiger partial charge on any atom is 0.331 e. The topological polar surface area (TPSA) is 26.3 Å². The molecule has 0 aromatic carbocycles. The fraction of sp³-hybridized carbons (Fsp3) is 0.786. The van der Waals surface area contributed by atoms with E-state index in [-0.39, 0.29) is 12.1 Å². The van der Waals surface area contributed by atoms with Gasteiger partial charge in [-0.1, -0.05) is 55.0 Å². The van der Waals surface area contributed by atoms with Crippen molar-refractivity contribution < 1.29 is 9.53 Å². The normalized spacial score (nSPS) is 11.9. The zero-order valence-electron chi connectivity index (χ0n) is 11.3. The number of carbonyl (C=O) groups excluding carboxylic acids is 1. The van der Waals surface area contributed by atoms with Gasteiger partial charge in [-0.3, -0.25) is 0 Å². The van der Waals surface area contributed by atoms with Gasteiger partial charge < -0.3 is 4.74 Å². The first-order valence-electron chi connectivity index (χ1n) is 6.63. The molecule has 0 radical (unpaired) electrons. The Morgan fingerprint density at radius 2 is 1.76 bits per heavy atom. The quantitative estimate of drug-likeness (QED) is 0.341. The molecule has 0 heterocycles. The van der Waals surface area contributed by atoms with Crippen LogP contribution in [0.4, 0.5) is 0 Å². The summed E-state index contributed by atoms with van der Waals surface area (Å²) in [6, 6.07) is 0. The van der Waals surface area contributed by atoms with Crippen LogP contribution >= 0.6 is 15.9 Å². The van der Waals surface area contributed by atoms with E-state index in [0.717, 1.165) is 17.3 Å². The average molecular weight is 305 g/mol. The Morgan fingerprint density at radius 3 is 2.35 bits per heavy atom. The molecule has 2 nitrogen and oxygen atoms in total. The van der Waals surface area contributed by atoms with Crippen LogP contribution in [-0.2, 0) is 9.53 Å². The molecule has 17 heavy (non-hydrogen) atoms. The van der Waals surface area contributed by atoms with Gasteiger partial charge in [0, 0.05) is 10.6 Å². The molecule has 0 bridgehead atoms. The van der Waals surface area contributed by atoms with Gasteiger partial charge in [-0.05, 0) is 26.7 Å². The molecule has 0 aromatic rings. The fourth-order valence-electron chi connectivity index (χ4n) is 1.54. The summed E-state index contributed by atoms with van der Waals surface area (Å²) in [5, 5.41) is 0. The Bertz CT molecular complexity index is 234. The highest BCUT2D eigenvalue weighted by Gasteiger charge is 2.03. The number of esters is 1. The van der Waals surface area contributed by atoms with Gasteiger partial charge in [0.1, 0.15) is 0 Å². The van der Waals surface area contributed by atoms with E-state index in [0.29, 0.717) is 0 Å². The first-order chi connectivity index (χ1) is 8.06. The zero-order valence-corrected chi connectivity index (χ0v) is 12.9. The summed E-state index contributed by atoms with van der Waals surface area (Å²) in [5.74, 6) is -0.252. The van der Waals surface area contributed by atoms with Crippen LogP contribution in [0.25, 0.3) is 0 Å². The maximum atomic E-state index is 11.3. The molecule has 3 heteroatoms. The molecule has 0 spiro atoms. The van der Waals surface area contributed by atoms with E-state index in [4.69, 9.17) is 4.74 Å². The van der Waals surface area contributed by atoms with Crippen LogP contribution in [0.5, 0.6) is 0 Å². The van der Waals surface area contributed by atoms with Crippen LogP contribution in [0, 0.1) is 0 Å². The summed E-state index contributed by atoms with van der Waals surface area (Å²) in [4.78, 5) is 11.3. The predicted octanol–water partition coefficient (Wildman–Crippen LogP) is 4.97. The highest BCUT2D eigenvalue weighted by Crippen LogP contribution is 2.16. The lowest BCUT2D eigenvalue weighted by Gasteiger charge is -2.05. The zero-order chi connectivity index (χ0) is 13.1. The molecule has 0 aromatic heterocycles. The summed E-state index contributed by atoms with van der Waals surface area (Å²) >= 11 is 3.41. The van der Waals surface area contributed by atoms with Crippen molar-refractivity contribution in [3.05, 3.63) is 10.6 Å². The Hall–Kier alpha value is -0.310. The first kappa shape index (κ1) is 16.7. The highest BCUT2D eigenvalue weighted by molar-refractivity contribution is 9.11. The van der Waals surface area contributed by atoms with Gasteiger partial charge in [0.25, 0.3) is 0 Å². The van der Waals surface area contributed by atoms with Crippen molar-refractivity contribution in [1.82, 2.24) is 0 Å². The van der Waals surface area contributed by atoms with Crippen molar-refractivity contribution in [3.63, 3.8) is 0 Å². The van der Waals surface area contributed by atoms with E-state index in [2.05, 4.69) is 22.9 Å². The van der Waals surface area contributed by atoms with Gasteiger partial charge in [0.15, 0.2) is 0 Å². The number of rotatable bonds is 9. The number of ether oxygens (including phenoxy) is 1.